The minimum Gasteiger partial charge on any atom is -0.480 e. The van der Waals surface area contributed by atoms with Gasteiger partial charge in [-0.1, -0.05) is 11.3 Å². The molecule has 0 atom stereocenters. The van der Waals surface area contributed by atoms with Crippen molar-refractivity contribution in [2.45, 2.75) is 13.0 Å². The van der Waals surface area contributed by atoms with E-state index in [0.717, 1.165) is 4.68 Å². The maximum atomic E-state index is 11.7. The SMILES string of the molecule is O=C(O)Cn1cc(NC(=O)Cc2ccccn2)nn1. The van der Waals surface area contributed by atoms with Crippen molar-refractivity contribution >= 4 is 17.7 Å². The fourth-order valence-corrected chi connectivity index (χ4v) is 1.43. The first-order valence-corrected chi connectivity index (χ1v) is 5.45. The molecule has 2 aromatic heterocycles. The van der Waals surface area contributed by atoms with Gasteiger partial charge in [0.15, 0.2) is 5.82 Å². The number of nitrogens with zero attached hydrogens (tertiary/aromatic N) is 4. The molecule has 0 radical (unpaired) electrons. The molecule has 0 saturated carbocycles. The lowest BCUT2D eigenvalue weighted by molar-refractivity contribution is -0.137. The van der Waals surface area contributed by atoms with Gasteiger partial charge >= 0.3 is 5.97 Å². The van der Waals surface area contributed by atoms with Crippen LogP contribution in [0.1, 0.15) is 5.69 Å². The average molecular weight is 261 g/mol. The van der Waals surface area contributed by atoms with Gasteiger partial charge in [-0.15, -0.1) is 5.10 Å². The summed E-state index contributed by atoms with van der Waals surface area (Å²) in [4.78, 5) is 26.2. The molecule has 2 rings (SSSR count). The second-order valence-corrected chi connectivity index (χ2v) is 3.74. The summed E-state index contributed by atoms with van der Waals surface area (Å²) in [6, 6.07) is 5.29. The Bertz CT molecular complexity index is 581. The summed E-state index contributed by atoms with van der Waals surface area (Å²) in [6.07, 6.45) is 3.07. The van der Waals surface area contributed by atoms with Gasteiger partial charge < -0.3 is 10.4 Å². The van der Waals surface area contributed by atoms with Crippen LogP contribution < -0.4 is 5.32 Å². The topological polar surface area (TPSA) is 110 Å². The van der Waals surface area contributed by atoms with Crippen LogP contribution in [0.5, 0.6) is 0 Å². The molecule has 0 bridgehead atoms. The maximum absolute atomic E-state index is 11.7. The van der Waals surface area contributed by atoms with E-state index in [-0.39, 0.29) is 24.7 Å². The number of carbonyl (C=O) groups is 2. The number of carboxylic acid groups (broad SMARTS) is 1. The van der Waals surface area contributed by atoms with Gasteiger partial charge in [0.25, 0.3) is 0 Å². The van der Waals surface area contributed by atoms with Crippen LogP contribution in [-0.4, -0.2) is 37.0 Å². The van der Waals surface area contributed by atoms with Crippen LogP contribution in [-0.2, 0) is 22.6 Å². The molecule has 0 aliphatic carbocycles. The predicted octanol–water partition coefficient (Wildman–Crippen LogP) is -0.0611. The molecule has 0 aliphatic rings. The van der Waals surface area contributed by atoms with Gasteiger partial charge in [0, 0.05) is 11.9 Å². The van der Waals surface area contributed by atoms with Crippen molar-refractivity contribution in [3.8, 4) is 0 Å². The van der Waals surface area contributed by atoms with Crippen molar-refractivity contribution in [3.05, 3.63) is 36.3 Å². The number of carbonyl (C=O) groups excluding carboxylic acids is 1. The third-order valence-electron chi connectivity index (χ3n) is 2.17. The van der Waals surface area contributed by atoms with Crippen molar-refractivity contribution in [1.82, 2.24) is 20.0 Å². The smallest absolute Gasteiger partial charge is 0.325 e. The molecule has 0 aromatic carbocycles. The molecule has 1 amide bonds. The molecule has 0 aliphatic heterocycles. The Balaban J connectivity index is 1.92. The molecule has 8 heteroatoms. The van der Waals surface area contributed by atoms with E-state index in [0.29, 0.717) is 5.69 Å². The third kappa shape index (κ3) is 3.87. The van der Waals surface area contributed by atoms with Crippen LogP contribution in [0, 0.1) is 0 Å². The highest BCUT2D eigenvalue weighted by Gasteiger charge is 2.08. The molecule has 0 unspecified atom stereocenters. The molecule has 0 fully saturated rings. The monoisotopic (exact) mass is 261 g/mol. The zero-order chi connectivity index (χ0) is 13.7. The van der Waals surface area contributed by atoms with Gasteiger partial charge in [0.05, 0.1) is 12.6 Å². The van der Waals surface area contributed by atoms with E-state index in [9.17, 15) is 9.59 Å². The summed E-state index contributed by atoms with van der Waals surface area (Å²) >= 11 is 0. The van der Waals surface area contributed by atoms with E-state index < -0.39 is 5.97 Å². The lowest BCUT2D eigenvalue weighted by Gasteiger charge is -2.00. The summed E-state index contributed by atoms with van der Waals surface area (Å²) in [5.41, 5.74) is 0.637. The van der Waals surface area contributed by atoms with E-state index in [1.807, 2.05) is 0 Å². The lowest BCUT2D eigenvalue weighted by Crippen LogP contribution is -2.15. The van der Waals surface area contributed by atoms with E-state index in [2.05, 4.69) is 20.6 Å². The van der Waals surface area contributed by atoms with E-state index in [1.165, 1.54) is 6.20 Å². The van der Waals surface area contributed by atoms with Gasteiger partial charge in [0.2, 0.25) is 5.91 Å². The molecule has 19 heavy (non-hydrogen) atoms. The minimum atomic E-state index is -1.03. The fourth-order valence-electron chi connectivity index (χ4n) is 1.43. The molecule has 8 nitrogen and oxygen atoms in total. The summed E-state index contributed by atoms with van der Waals surface area (Å²) in [5, 5.41) is 18.3. The number of anilines is 1. The zero-order valence-electron chi connectivity index (χ0n) is 9.85. The van der Waals surface area contributed by atoms with Crippen molar-refractivity contribution in [2.75, 3.05) is 5.32 Å². The van der Waals surface area contributed by atoms with E-state index in [4.69, 9.17) is 5.11 Å². The van der Waals surface area contributed by atoms with Crippen molar-refractivity contribution in [2.24, 2.45) is 0 Å². The quantitative estimate of drug-likeness (QED) is 0.780. The third-order valence-corrected chi connectivity index (χ3v) is 2.17. The number of nitrogens with one attached hydrogen (secondary N) is 1. The molecular weight excluding hydrogens is 250 g/mol. The van der Waals surface area contributed by atoms with Crippen LogP contribution in [0.25, 0.3) is 0 Å². The van der Waals surface area contributed by atoms with Crippen molar-refractivity contribution < 1.29 is 14.7 Å². The summed E-state index contributed by atoms with van der Waals surface area (Å²) in [7, 11) is 0. The molecule has 2 heterocycles. The number of rotatable bonds is 5. The Morgan fingerprint density at radius 1 is 1.37 bits per heavy atom. The molecular formula is C11H11N5O3. The molecule has 98 valence electrons. The Morgan fingerprint density at radius 3 is 2.89 bits per heavy atom. The van der Waals surface area contributed by atoms with Crippen LogP contribution in [0.2, 0.25) is 0 Å². The van der Waals surface area contributed by atoms with Crippen LogP contribution >= 0.6 is 0 Å². The van der Waals surface area contributed by atoms with E-state index >= 15 is 0 Å². The number of aliphatic carboxylic acids is 1. The van der Waals surface area contributed by atoms with Gasteiger partial charge in [0.1, 0.15) is 6.54 Å². The maximum Gasteiger partial charge on any atom is 0.325 e. The minimum absolute atomic E-state index is 0.118. The lowest BCUT2D eigenvalue weighted by atomic mass is 10.2. The summed E-state index contributed by atoms with van der Waals surface area (Å²) < 4.78 is 1.12. The van der Waals surface area contributed by atoms with Gasteiger partial charge in [-0.3, -0.25) is 14.6 Å². The average Bonchev–Trinajstić information content (AvgIpc) is 2.76. The Labute approximate surface area is 108 Å². The fraction of sp³-hybridized carbons (Fsp3) is 0.182. The Kier molecular flexibility index (Phi) is 3.81. The highest BCUT2D eigenvalue weighted by Crippen LogP contribution is 2.02. The Morgan fingerprint density at radius 2 is 2.21 bits per heavy atom. The second kappa shape index (κ2) is 5.71. The number of pyridine rings is 1. The number of amides is 1. The molecule has 0 spiro atoms. The van der Waals surface area contributed by atoms with Crippen molar-refractivity contribution in [1.29, 1.82) is 0 Å². The Hall–Kier alpha value is -2.77. The second-order valence-electron chi connectivity index (χ2n) is 3.74. The van der Waals surface area contributed by atoms with E-state index in [1.54, 1.807) is 24.4 Å². The molecule has 2 aromatic rings. The largest absolute Gasteiger partial charge is 0.480 e. The van der Waals surface area contributed by atoms with Gasteiger partial charge in [-0.25, -0.2) is 4.68 Å². The normalized spacial score (nSPS) is 10.1. The molecule has 0 saturated heterocycles. The summed E-state index contributed by atoms with van der Waals surface area (Å²) in [5.74, 6) is -1.11. The first kappa shape index (κ1) is 12.7. The van der Waals surface area contributed by atoms with Crippen molar-refractivity contribution in [3.63, 3.8) is 0 Å². The van der Waals surface area contributed by atoms with Crippen LogP contribution in [0.4, 0.5) is 5.82 Å². The number of hydrogen-bond acceptors (Lipinski definition) is 5. The number of aromatic nitrogens is 4. The summed E-state index contributed by atoms with van der Waals surface area (Å²) in [6.45, 7) is -0.302. The standard InChI is InChI=1S/C11H11N5O3/c17-10(5-8-3-1-2-4-12-8)13-9-6-16(15-14-9)7-11(18)19/h1-4,6H,5,7H2,(H,13,17)(H,18,19). The van der Waals surface area contributed by atoms with Crippen LogP contribution in [0.15, 0.2) is 30.6 Å². The first-order chi connectivity index (χ1) is 9.13. The predicted molar refractivity (Wildman–Crippen MR) is 64.2 cm³/mol. The molecule has 2 N–H and O–H groups in total. The number of hydrogen-bond donors (Lipinski definition) is 2. The highest BCUT2D eigenvalue weighted by molar-refractivity contribution is 5.90. The number of carboxylic acids is 1. The van der Waals surface area contributed by atoms with Crippen LogP contribution in [0.3, 0.4) is 0 Å². The van der Waals surface area contributed by atoms with Gasteiger partial charge in [-0.2, -0.15) is 0 Å². The van der Waals surface area contributed by atoms with Gasteiger partial charge in [-0.05, 0) is 12.1 Å². The zero-order valence-corrected chi connectivity index (χ0v) is 9.85. The highest BCUT2D eigenvalue weighted by atomic mass is 16.4. The first-order valence-electron chi connectivity index (χ1n) is 5.45.